The number of likely N-dealkylation sites (tertiary alicyclic amines) is 1. The standard InChI is InChI=1S/C27H41N7S/c1-4-31-11-13-33(14-12-31)26-19-21(2)24-20-22(5-6-25(24)29-26)28-27(35)34-17-15-32(16-18-34)23-7-9-30(3)10-8-23/h5-6,19-20,23H,4,7-18H2,1-3H3,(H,28,35). The molecule has 1 N–H and O–H groups in total. The number of aryl methyl sites for hydroxylation is 1. The summed E-state index contributed by atoms with van der Waals surface area (Å²) in [6, 6.07) is 9.45. The third-order valence-corrected chi connectivity index (χ3v) is 8.56. The summed E-state index contributed by atoms with van der Waals surface area (Å²) >= 11 is 5.81. The maximum absolute atomic E-state index is 5.81. The molecule has 0 aliphatic carbocycles. The van der Waals surface area contributed by atoms with Crippen LogP contribution in [0.3, 0.4) is 0 Å². The number of likely N-dealkylation sites (N-methyl/N-ethyl adjacent to an activating group) is 1. The molecule has 3 fully saturated rings. The van der Waals surface area contributed by atoms with Gasteiger partial charge in [0, 0.05) is 69.5 Å². The highest BCUT2D eigenvalue weighted by Gasteiger charge is 2.27. The highest BCUT2D eigenvalue weighted by Crippen LogP contribution is 2.26. The van der Waals surface area contributed by atoms with Gasteiger partial charge in [-0.15, -0.1) is 0 Å². The van der Waals surface area contributed by atoms with Crippen LogP contribution < -0.4 is 10.2 Å². The molecule has 1 aromatic carbocycles. The van der Waals surface area contributed by atoms with Gasteiger partial charge in [-0.05, 0) is 88.5 Å². The van der Waals surface area contributed by atoms with E-state index in [-0.39, 0.29) is 0 Å². The van der Waals surface area contributed by atoms with Crippen molar-refractivity contribution in [3.63, 3.8) is 0 Å². The van der Waals surface area contributed by atoms with Gasteiger partial charge in [-0.25, -0.2) is 4.98 Å². The summed E-state index contributed by atoms with van der Waals surface area (Å²) in [7, 11) is 2.23. The number of piperidine rings is 1. The normalized spacial score (nSPS) is 21.6. The lowest BCUT2D eigenvalue weighted by atomic mass is 10.0. The number of aromatic nitrogens is 1. The van der Waals surface area contributed by atoms with Crippen molar-refractivity contribution in [2.45, 2.75) is 32.7 Å². The summed E-state index contributed by atoms with van der Waals surface area (Å²) in [5.74, 6) is 1.10. The molecule has 8 heteroatoms. The van der Waals surface area contributed by atoms with Gasteiger partial charge in [0.2, 0.25) is 0 Å². The van der Waals surface area contributed by atoms with Crippen LogP contribution >= 0.6 is 12.2 Å². The topological polar surface area (TPSA) is 41.1 Å². The Morgan fingerprint density at radius 2 is 1.69 bits per heavy atom. The molecule has 5 rings (SSSR count). The van der Waals surface area contributed by atoms with E-state index in [1.807, 2.05) is 0 Å². The van der Waals surface area contributed by atoms with Crippen LogP contribution in [0.4, 0.5) is 11.5 Å². The maximum atomic E-state index is 5.81. The van der Waals surface area contributed by atoms with Crippen molar-refractivity contribution < 1.29 is 0 Å². The van der Waals surface area contributed by atoms with E-state index in [9.17, 15) is 0 Å². The number of piperazine rings is 2. The Hall–Kier alpha value is -2.00. The summed E-state index contributed by atoms with van der Waals surface area (Å²) < 4.78 is 0. The first kappa shape index (κ1) is 24.7. The molecular formula is C27H41N7S. The predicted octanol–water partition coefficient (Wildman–Crippen LogP) is 3.09. The number of nitrogens with zero attached hydrogens (tertiary/aromatic N) is 6. The predicted molar refractivity (Wildman–Crippen MR) is 151 cm³/mol. The Balaban J connectivity index is 1.19. The van der Waals surface area contributed by atoms with Gasteiger partial charge in [-0.3, -0.25) is 4.90 Å². The van der Waals surface area contributed by atoms with Gasteiger partial charge >= 0.3 is 0 Å². The largest absolute Gasteiger partial charge is 0.354 e. The quantitative estimate of drug-likeness (QED) is 0.649. The van der Waals surface area contributed by atoms with Crippen LogP contribution in [0.5, 0.6) is 0 Å². The molecular weight excluding hydrogens is 454 g/mol. The zero-order chi connectivity index (χ0) is 24.4. The molecule has 0 spiro atoms. The number of hydrogen-bond acceptors (Lipinski definition) is 6. The first-order valence-electron chi connectivity index (χ1n) is 13.4. The second kappa shape index (κ2) is 10.9. The monoisotopic (exact) mass is 495 g/mol. The molecule has 35 heavy (non-hydrogen) atoms. The Morgan fingerprint density at radius 1 is 0.971 bits per heavy atom. The van der Waals surface area contributed by atoms with Crippen molar-refractivity contribution in [1.29, 1.82) is 0 Å². The number of fused-ring (bicyclic) bond motifs is 1. The Morgan fingerprint density at radius 3 is 2.37 bits per heavy atom. The lowest BCUT2D eigenvalue weighted by Crippen LogP contribution is -2.54. The van der Waals surface area contributed by atoms with Crippen molar-refractivity contribution in [2.75, 3.05) is 89.3 Å². The summed E-state index contributed by atoms with van der Waals surface area (Å²) in [4.78, 5) is 17.4. The Bertz CT molecular complexity index is 1020. The summed E-state index contributed by atoms with van der Waals surface area (Å²) in [6.45, 7) is 16.5. The highest BCUT2D eigenvalue weighted by atomic mass is 32.1. The maximum Gasteiger partial charge on any atom is 0.173 e. The van der Waals surface area contributed by atoms with E-state index in [2.05, 4.69) is 75.0 Å². The molecule has 0 amide bonds. The van der Waals surface area contributed by atoms with Crippen LogP contribution in [0.15, 0.2) is 24.3 Å². The molecule has 0 unspecified atom stereocenters. The van der Waals surface area contributed by atoms with Crippen LogP contribution in [-0.2, 0) is 0 Å². The Labute approximate surface area is 216 Å². The first-order valence-corrected chi connectivity index (χ1v) is 13.8. The average molecular weight is 496 g/mol. The third-order valence-electron chi connectivity index (χ3n) is 8.20. The van der Waals surface area contributed by atoms with Crippen molar-refractivity contribution >= 4 is 39.7 Å². The van der Waals surface area contributed by atoms with E-state index in [0.717, 1.165) is 87.1 Å². The van der Waals surface area contributed by atoms with Crippen molar-refractivity contribution in [1.82, 2.24) is 24.6 Å². The zero-order valence-electron chi connectivity index (χ0n) is 21.7. The smallest absolute Gasteiger partial charge is 0.173 e. The number of anilines is 2. The summed E-state index contributed by atoms with van der Waals surface area (Å²) in [5.41, 5.74) is 3.37. The minimum Gasteiger partial charge on any atom is -0.354 e. The second-order valence-electron chi connectivity index (χ2n) is 10.4. The van der Waals surface area contributed by atoms with E-state index in [1.54, 1.807) is 0 Å². The molecule has 0 saturated carbocycles. The van der Waals surface area contributed by atoms with E-state index in [0.29, 0.717) is 0 Å². The molecule has 0 atom stereocenters. The van der Waals surface area contributed by atoms with Gasteiger partial charge < -0.3 is 24.9 Å². The molecule has 2 aromatic rings. The number of rotatable bonds is 4. The van der Waals surface area contributed by atoms with E-state index in [4.69, 9.17) is 17.2 Å². The number of benzene rings is 1. The molecule has 4 heterocycles. The molecule has 3 aliphatic rings. The van der Waals surface area contributed by atoms with Crippen molar-refractivity contribution in [2.24, 2.45) is 0 Å². The van der Waals surface area contributed by atoms with Crippen LogP contribution in [-0.4, -0.2) is 115 Å². The number of thiocarbonyl (C=S) groups is 1. The van der Waals surface area contributed by atoms with Crippen molar-refractivity contribution in [3.8, 4) is 0 Å². The SMILES string of the molecule is CCN1CCN(c2cc(C)c3cc(NC(=S)N4CCN(C5CCN(C)CC5)CC4)ccc3n2)CC1. The summed E-state index contributed by atoms with van der Waals surface area (Å²) in [6.07, 6.45) is 2.58. The van der Waals surface area contributed by atoms with Gasteiger partial charge in [0.05, 0.1) is 5.52 Å². The van der Waals surface area contributed by atoms with Crippen LogP contribution in [0.25, 0.3) is 10.9 Å². The fourth-order valence-electron chi connectivity index (χ4n) is 5.76. The van der Waals surface area contributed by atoms with Crippen LogP contribution in [0, 0.1) is 6.92 Å². The molecule has 3 aliphatic heterocycles. The van der Waals surface area contributed by atoms with Gasteiger partial charge in [0.25, 0.3) is 0 Å². The molecule has 1 aromatic heterocycles. The van der Waals surface area contributed by atoms with Gasteiger partial charge in [-0.1, -0.05) is 6.92 Å². The lowest BCUT2D eigenvalue weighted by molar-refractivity contribution is 0.0868. The Kier molecular flexibility index (Phi) is 7.72. The molecule has 7 nitrogen and oxygen atoms in total. The molecule has 0 bridgehead atoms. The number of hydrogen-bond donors (Lipinski definition) is 1. The average Bonchev–Trinajstić information content (AvgIpc) is 2.89. The second-order valence-corrected chi connectivity index (χ2v) is 10.8. The molecule has 190 valence electrons. The van der Waals surface area contributed by atoms with Crippen LogP contribution in [0.1, 0.15) is 25.3 Å². The minimum absolute atomic E-state index is 0.742. The van der Waals surface area contributed by atoms with Crippen LogP contribution in [0.2, 0.25) is 0 Å². The molecule has 3 saturated heterocycles. The number of nitrogens with one attached hydrogen (secondary N) is 1. The van der Waals surface area contributed by atoms with Crippen molar-refractivity contribution in [3.05, 3.63) is 29.8 Å². The van der Waals surface area contributed by atoms with Gasteiger partial charge in [0.15, 0.2) is 5.11 Å². The fraction of sp³-hybridized carbons (Fsp3) is 0.630. The third kappa shape index (κ3) is 5.71. The van der Waals surface area contributed by atoms with Gasteiger partial charge in [0.1, 0.15) is 5.82 Å². The highest BCUT2D eigenvalue weighted by molar-refractivity contribution is 7.80. The number of pyridine rings is 1. The first-order chi connectivity index (χ1) is 17.0. The lowest BCUT2D eigenvalue weighted by Gasteiger charge is -2.42. The van der Waals surface area contributed by atoms with Gasteiger partial charge in [-0.2, -0.15) is 0 Å². The fourth-order valence-corrected chi connectivity index (χ4v) is 6.06. The zero-order valence-corrected chi connectivity index (χ0v) is 22.5. The van der Waals surface area contributed by atoms with E-state index < -0.39 is 0 Å². The summed E-state index contributed by atoms with van der Waals surface area (Å²) in [5, 5.41) is 5.54. The molecule has 0 radical (unpaired) electrons. The van der Waals surface area contributed by atoms with E-state index in [1.165, 1.54) is 36.9 Å². The minimum atomic E-state index is 0.742. The van der Waals surface area contributed by atoms with E-state index >= 15 is 0 Å².